The third kappa shape index (κ3) is 3.23. The van der Waals surface area contributed by atoms with Crippen LogP contribution < -0.4 is 5.73 Å². The van der Waals surface area contributed by atoms with E-state index in [1.807, 2.05) is 0 Å². The van der Waals surface area contributed by atoms with E-state index in [4.69, 9.17) is 15.6 Å². The summed E-state index contributed by atoms with van der Waals surface area (Å²) in [6, 6.07) is 0. The van der Waals surface area contributed by atoms with Gasteiger partial charge in [-0.1, -0.05) is 0 Å². The number of aliphatic hydroxyl groups is 1. The van der Waals surface area contributed by atoms with Crippen LogP contribution in [0.15, 0.2) is 0 Å². The summed E-state index contributed by atoms with van der Waals surface area (Å²) in [5.74, 6) is 0. The molecule has 1 atom stereocenters. The zero-order chi connectivity index (χ0) is 9.90. The highest BCUT2D eigenvalue weighted by molar-refractivity contribution is 4.84. The molecular formula is C9H20N2O2. The van der Waals surface area contributed by atoms with Gasteiger partial charge in [0.25, 0.3) is 0 Å². The summed E-state index contributed by atoms with van der Waals surface area (Å²) in [6.45, 7) is 7.27. The van der Waals surface area contributed by atoms with Crippen LogP contribution in [0.3, 0.4) is 0 Å². The fourth-order valence-electron chi connectivity index (χ4n) is 1.85. The normalized spacial score (nSPS) is 29.1. The minimum atomic E-state index is -0.141. The van der Waals surface area contributed by atoms with Gasteiger partial charge in [0, 0.05) is 26.2 Å². The lowest BCUT2D eigenvalue weighted by Crippen LogP contribution is -2.55. The van der Waals surface area contributed by atoms with Crippen molar-refractivity contribution in [3.8, 4) is 0 Å². The van der Waals surface area contributed by atoms with Gasteiger partial charge in [0.05, 0.1) is 18.3 Å². The summed E-state index contributed by atoms with van der Waals surface area (Å²) in [5.41, 5.74) is 5.43. The first-order valence-corrected chi connectivity index (χ1v) is 4.78. The van der Waals surface area contributed by atoms with Crippen LogP contribution in [0.5, 0.6) is 0 Å². The van der Waals surface area contributed by atoms with Crippen LogP contribution in [0, 0.1) is 0 Å². The van der Waals surface area contributed by atoms with Crippen molar-refractivity contribution in [1.29, 1.82) is 0 Å². The maximum absolute atomic E-state index is 8.83. The van der Waals surface area contributed by atoms with E-state index in [-0.39, 0.29) is 18.3 Å². The van der Waals surface area contributed by atoms with Gasteiger partial charge in [-0.3, -0.25) is 4.90 Å². The molecule has 0 aromatic heterocycles. The predicted molar refractivity (Wildman–Crippen MR) is 51.5 cm³/mol. The smallest absolute Gasteiger partial charge is 0.0831 e. The van der Waals surface area contributed by atoms with Crippen LogP contribution in [-0.4, -0.2) is 54.5 Å². The van der Waals surface area contributed by atoms with Gasteiger partial charge in [-0.05, 0) is 13.8 Å². The molecule has 13 heavy (non-hydrogen) atoms. The van der Waals surface area contributed by atoms with E-state index < -0.39 is 0 Å². The van der Waals surface area contributed by atoms with Crippen molar-refractivity contribution in [2.75, 3.05) is 32.8 Å². The highest BCUT2D eigenvalue weighted by Gasteiger charge is 2.32. The number of morpholine rings is 1. The molecule has 0 radical (unpaired) electrons. The molecule has 3 N–H and O–H groups in total. The quantitative estimate of drug-likeness (QED) is 0.622. The van der Waals surface area contributed by atoms with Crippen molar-refractivity contribution in [2.45, 2.75) is 25.6 Å². The number of ether oxygens (including phenoxy) is 1. The van der Waals surface area contributed by atoms with E-state index in [0.717, 1.165) is 13.1 Å². The van der Waals surface area contributed by atoms with Crippen molar-refractivity contribution in [3.63, 3.8) is 0 Å². The molecule has 0 amide bonds. The number of nitrogens with two attached hydrogens (primary N) is 1. The van der Waals surface area contributed by atoms with Gasteiger partial charge in [-0.25, -0.2) is 0 Å². The summed E-state index contributed by atoms with van der Waals surface area (Å²) < 4.78 is 5.75. The number of β-amino-alcohol motifs (C(OH)–C–C–N with tert-alkyl or cyclic N) is 1. The van der Waals surface area contributed by atoms with E-state index >= 15 is 0 Å². The molecule has 78 valence electrons. The minimum Gasteiger partial charge on any atom is -0.395 e. The van der Waals surface area contributed by atoms with E-state index in [1.54, 1.807) is 0 Å². The molecule has 4 heteroatoms. The molecular weight excluding hydrogens is 168 g/mol. The second-order valence-corrected chi connectivity index (χ2v) is 4.19. The highest BCUT2D eigenvalue weighted by atomic mass is 16.5. The summed E-state index contributed by atoms with van der Waals surface area (Å²) >= 11 is 0. The first kappa shape index (κ1) is 10.9. The van der Waals surface area contributed by atoms with E-state index in [2.05, 4.69) is 18.7 Å². The van der Waals surface area contributed by atoms with E-state index in [9.17, 15) is 0 Å². The summed E-state index contributed by atoms with van der Waals surface area (Å²) in [4.78, 5) is 2.20. The number of rotatable bonds is 3. The molecule has 0 saturated carbocycles. The molecule has 1 heterocycles. The van der Waals surface area contributed by atoms with Crippen molar-refractivity contribution in [3.05, 3.63) is 0 Å². The third-order valence-corrected chi connectivity index (χ3v) is 2.23. The Bertz CT molecular complexity index is 162. The second kappa shape index (κ2) is 4.37. The molecule has 4 nitrogen and oxygen atoms in total. The number of hydrogen-bond donors (Lipinski definition) is 2. The van der Waals surface area contributed by atoms with Crippen LogP contribution in [-0.2, 0) is 4.74 Å². The molecule has 0 aromatic carbocycles. The molecule has 1 unspecified atom stereocenters. The molecule has 1 fully saturated rings. The van der Waals surface area contributed by atoms with Gasteiger partial charge in [0.1, 0.15) is 0 Å². The molecule has 1 saturated heterocycles. The van der Waals surface area contributed by atoms with Gasteiger partial charge < -0.3 is 15.6 Å². The van der Waals surface area contributed by atoms with Crippen LogP contribution in [0.1, 0.15) is 13.8 Å². The fourth-order valence-corrected chi connectivity index (χ4v) is 1.85. The third-order valence-electron chi connectivity index (χ3n) is 2.23. The predicted octanol–water partition coefficient (Wildman–Crippen LogP) is -0.583. The van der Waals surface area contributed by atoms with Crippen LogP contribution >= 0.6 is 0 Å². The lowest BCUT2D eigenvalue weighted by Gasteiger charge is -2.42. The SMILES string of the molecule is CC1(C)CN(CCO)CC(CN)O1. The van der Waals surface area contributed by atoms with Gasteiger partial charge in [0.15, 0.2) is 0 Å². The minimum absolute atomic E-state index is 0.107. The first-order chi connectivity index (χ1) is 6.07. The van der Waals surface area contributed by atoms with Crippen LogP contribution in [0.4, 0.5) is 0 Å². The summed E-state index contributed by atoms with van der Waals surface area (Å²) in [5, 5.41) is 8.83. The lowest BCUT2D eigenvalue weighted by atomic mass is 10.1. The highest BCUT2D eigenvalue weighted by Crippen LogP contribution is 2.19. The monoisotopic (exact) mass is 188 g/mol. The lowest BCUT2D eigenvalue weighted by molar-refractivity contribution is -0.133. The van der Waals surface area contributed by atoms with Gasteiger partial charge >= 0.3 is 0 Å². The van der Waals surface area contributed by atoms with Crippen molar-refractivity contribution in [2.24, 2.45) is 5.73 Å². The average Bonchev–Trinajstić information content (AvgIpc) is 2.02. The molecule has 1 rings (SSSR count). The van der Waals surface area contributed by atoms with Crippen LogP contribution in [0.25, 0.3) is 0 Å². The standard InChI is InChI=1S/C9H20N2O2/c1-9(2)7-11(3-4-12)6-8(5-10)13-9/h8,12H,3-7,10H2,1-2H3. The Kier molecular flexibility index (Phi) is 3.67. The molecule has 0 aromatic rings. The van der Waals surface area contributed by atoms with E-state index in [1.165, 1.54) is 0 Å². The second-order valence-electron chi connectivity index (χ2n) is 4.19. The summed E-state index contributed by atoms with van der Waals surface area (Å²) in [7, 11) is 0. The Labute approximate surface area is 79.7 Å². The summed E-state index contributed by atoms with van der Waals surface area (Å²) in [6.07, 6.45) is 0.107. The fraction of sp³-hybridized carbons (Fsp3) is 1.00. The average molecular weight is 188 g/mol. The van der Waals surface area contributed by atoms with Crippen molar-refractivity contribution >= 4 is 0 Å². The van der Waals surface area contributed by atoms with Gasteiger partial charge in [-0.2, -0.15) is 0 Å². The van der Waals surface area contributed by atoms with Crippen molar-refractivity contribution in [1.82, 2.24) is 4.90 Å². The molecule has 1 aliphatic rings. The Morgan fingerprint density at radius 1 is 1.62 bits per heavy atom. The largest absolute Gasteiger partial charge is 0.395 e. The topological polar surface area (TPSA) is 58.7 Å². The van der Waals surface area contributed by atoms with E-state index in [0.29, 0.717) is 13.1 Å². The number of hydrogen-bond acceptors (Lipinski definition) is 4. The zero-order valence-electron chi connectivity index (χ0n) is 8.49. The number of aliphatic hydroxyl groups excluding tert-OH is 1. The molecule has 0 bridgehead atoms. The van der Waals surface area contributed by atoms with Gasteiger partial charge in [0.2, 0.25) is 0 Å². The Morgan fingerprint density at radius 2 is 2.31 bits per heavy atom. The Hall–Kier alpha value is -0.160. The van der Waals surface area contributed by atoms with Gasteiger partial charge in [-0.15, -0.1) is 0 Å². The van der Waals surface area contributed by atoms with Crippen LogP contribution in [0.2, 0.25) is 0 Å². The molecule has 0 spiro atoms. The Balaban J connectivity index is 2.49. The number of nitrogens with zero attached hydrogens (tertiary/aromatic N) is 1. The Morgan fingerprint density at radius 3 is 2.85 bits per heavy atom. The maximum Gasteiger partial charge on any atom is 0.0831 e. The zero-order valence-corrected chi connectivity index (χ0v) is 8.49. The van der Waals surface area contributed by atoms with Crippen molar-refractivity contribution < 1.29 is 9.84 Å². The molecule has 0 aliphatic carbocycles. The molecule has 1 aliphatic heterocycles. The first-order valence-electron chi connectivity index (χ1n) is 4.78. The maximum atomic E-state index is 8.83.